The largest absolute Gasteiger partial charge is 0.350 e. The van der Waals surface area contributed by atoms with E-state index in [1.54, 1.807) is 31.2 Å². The van der Waals surface area contributed by atoms with Crippen molar-refractivity contribution in [2.24, 2.45) is 5.73 Å². The van der Waals surface area contributed by atoms with Crippen LogP contribution in [0.5, 0.6) is 0 Å². The third-order valence-corrected chi connectivity index (χ3v) is 6.63. The second-order valence-corrected chi connectivity index (χ2v) is 8.42. The second kappa shape index (κ2) is 8.65. The standard InChI is InChI=1S/C20H27N3O3S/c1-4-23(5-2)27(25,26)18-13-11-16(12-14-18)15-22-19(24)20(3,21)17-9-7-6-8-10-17/h6-14H,4-5,15,21H2,1-3H3,(H,22,24). The first-order valence-corrected chi connectivity index (χ1v) is 10.4. The lowest BCUT2D eigenvalue weighted by molar-refractivity contribution is -0.126. The summed E-state index contributed by atoms with van der Waals surface area (Å²) < 4.78 is 26.4. The maximum absolute atomic E-state index is 12.5. The number of amides is 1. The zero-order chi connectivity index (χ0) is 20.1. The summed E-state index contributed by atoms with van der Waals surface area (Å²) in [5, 5.41) is 2.82. The van der Waals surface area contributed by atoms with E-state index in [9.17, 15) is 13.2 Å². The molecule has 0 heterocycles. The molecule has 1 unspecified atom stereocenters. The molecule has 0 fully saturated rings. The van der Waals surface area contributed by atoms with Crippen molar-refractivity contribution in [1.29, 1.82) is 0 Å². The molecule has 1 atom stereocenters. The number of nitrogens with one attached hydrogen (secondary N) is 1. The predicted octanol–water partition coefficient (Wildman–Crippen LogP) is 2.21. The van der Waals surface area contributed by atoms with Gasteiger partial charge in [0.25, 0.3) is 0 Å². The van der Waals surface area contributed by atoms with E-state index >= 15 is 0 Å². The van der Waals surface area contributed by atoms with E-state index in [-0.39, 0.29) is 17.3 Å². The van der Waals surface area contributed by atoms with Gasteiger partial charge in [-0.2, -0.15) is 4.31 Å². The number of carbonyl (C=O) groups is 1. The maximum atomic E-state index is 12.5. The Bertz CT molecular complexity index is 859. The number of sulfonamides is 1. The topological polar surface area (TPSA) is 92.5 Å². The molecule has 0 spiro atoms. The van der Waals surface area contributed by atoms with Crippen LogP contribution in [-0.4, -0.2) is 31.7 Å². The van der Waals surface area contributed by atoms with E-state index in [1.807, 2.05) is 44.2 Å². The molecule has 2 aromatic carbocycles. The van der Waals surface area contributed by atoms with Crippen molar-refractivity contribution >= 4 is 15.9 Å². The minimum Gasteiger partial charge on any atom is -0.350 e. The van der Waals surface area contributed by atoms with Gasteiger partial charge in [0, 0.05) is 19.6 Å². The van der Waals surface area contributed by atoms with Crippen molar-refractivity contribution in [2.45, 2.75) is 37.8 Å². The summed E-state index contributed by atoms with van der Waals surface area (Å²) >= 11 is 0. The fourth-order valence-corrected chi connectivity index (χ4v) is 4.23. The summed E-state index contributed by atoms with van der Waals surface area (Å²) in [5.74, 6) is -0.298. The Labute approximate surface area is 161 Å². The Morgan fingerprint density at radius 2 is 1.59 bits per heavy atom. The summed E-state index contributed by atoms with van der Waals surface area (Å²) in [6.07, 6.45) is 0. The smallest absolute Gasteiger partial charge is 0.244 e. The zero-order valence-corrected chi connectivity index (χ0v) is 16.8. The molecule has 0 saturated heterocycles. The van der Waals surface area contributed by atoms with E-state index in [2.05, 4.69) is 5.32 Å². The van der Waals surface area contributed by atoms with E-state index < -0.39 is 15.6 Å². The van der Waals surface area contributed by atoms with Crippen molar-refractivity contribution in [3.8, 4) is 0 Å². The van der Waals surface area contributed by atoms with Crippen LogP contribution in [0.3, 0.4) is 0 Å². The van der Waals surface area contributed by atoms with Crippen molar-refractivity contribution < 1.29 is 13.2 Å². The Balaban J connectivity index is 2.06. The van der Waals surface area contributed by atoms with Crippen LogP contribution in [0.2, 0.25) is 0 Å². The van der Waals surface area contributed by atoms with Crippen LogP contribution in [0.25, 0.3) is 0 Å². The summed E-state index contributed by atoms with van der Waals surface area (Å²) in [4.78, 5) is 12.7. The molecule has 2 aromatic rings. The zero-order valence-electron chi connectivity index (χ0n) is 16.0. The summed E-state index contributed by atoms with van der Waals surface area (Å²) in [6.45, 7) is 6.39. The monoisotopic (exact) mass is 389 g/mol. The highest BCUT2D eigenvalue weighted by Gasteiger charge is 2.30. The summed E-state index contributed by atoms with van der Waals surface area (Å²) in [5.41, 5.74) is 6.57. The maximum Gasteiger partial charge on any atom is 0.244 e. The number of rotatable bonds is 8. The lowest BCUT2D eigenvalue weighted by atomic mass is 9.92. The number of hydrogen-bond donors (Lipinski definition) is 2. The van der Waals surface area contributed by atoms with Gasteiger partial charge in [-0.25, -0.2) is 8.42 Å². The van der Waals surface area contributed by atoms with Gasteiger partial charge in [0.15, 0.2) is 0 Å². The molecule has 0 radical (unpaired) electrons. The van der Waals surface area contributed by atoms with Gasteiger partial charge in [-0.1, -0.05) is 56.3 Å². The molecular formula is C20H27N3O3S. The molecule has 0 aromatic heterocycles. The predicted molar refractivity (Wildman–Crippen MR) is 106 cm³/mol. The van der Waals surface area contributed by atoms with Crippen molar-refractivity contribution in [3.63, 3.8) is 0 Å². The van der Waals surface area contributed by atoms with E-state index in [0.717, 1.165) is 11.1 Å². The first-order chi connectivity index (χ1) is 12.7. The highest BCUT2D eigenvalue weighted by atomic mass is 32.2. The number of carbonyl (C=O) groups excluding carboxylic acids is 1. The molecular weight excluding hydrogens is 362 g/mol. The average Bonchev–Trinajstić information content (AvgIpc) is 2.67. The molecule has 1 amide bonds. The van der Waals surface area contributed by atoms with Crippen molar-refractivity contribution in [3.05, 3.63) is 65.7 Å². The van der Waals surface area contributed by atoms with Crippen LogP contribution in [0.1, 0.15) is 31.9 Å². The first kappa shape index (κ1) is 21.1. The highest BCUT2D eigenvalue weighted by molar-refractivity contribution is 7.89. The van der Waals surface area contributed by atoms with Gasteiger partial charge in [0.1, 0.15) is 5.54 Å². The van der Waals surface area contributed by atoms with Crippen LogP contribution in [0.15, 0.2) is 59.5 Å². The molecule has 3 N–H and O–H groups in total. The Morgan fingerprint density at radius 3 is 2.11 bits per heavy atom. The van der Waals surface area contributed by atoms with Gasteiger partial charge in [0.05, 0.1) is 4.90 Å². The fourth-order valence-electron chi connectivity index (χ4n) is 2.77. The Kier molecular flexibility index (Phi) is 6.75. The molecule has 146 valence electrons. The quantitative estimate of drug-likeness (QED) is 0.724. The van der Waals surface area contributed by atoms with Crippen LogP contribution >= 0.6 is 0 Å². The normalized spacial score (nSPS) is 14.0. The minimum atomic E-state index is -3.48. The van der Waals surface area contributed by atoms with Crippen molar-refractivity contribution in [1.82, 2.24) is 9.62 Å². The molecule has 0 aliphatic carbocycles. The van der Waals surface area contributed by atoms with Gasteiger partial charge in [-0.3, -0.25) is 4.79 Å². The molecule has 0 aliphatic heterocycles. The molecule has 2 rings (SSSR count). The van der Waals surface area contributed by atoms with Gasteiger partial charge in [-0.15, -0.1) is 0 Å². The average molecular weight is 390 g/mol. The van der Waals surface area contributed by atoms with Crippen LogP contribution in [-0.2, 0) is 26.9 Å². The van der Waals surface area contributed by atoms with E-state index in [1.165, 1.54) is 4.31 Å². The molecule has 0 aliphatic rings. The number of hydrogen-bond acceptors (Lipinski definition) is 4. The lowest BCUT2D eigenvalue weighted by Gasteiger charge is -2.24. The number of benzene rings is 2. The molecule has 27 heavy (non-hydrogen) atoms. The first-order valence-electron chi connectivity index (χ1n) is 8.95. The molecule has 7 heteroatoms. The van der Waals surface area contributed by atoms with Gasteiger partial charge in [0.2, 0.25) is 15.9 Å². The lowest BCUT2D eigenvalue weighted by Crippen LogP contribution is -2.48. The molecule has 0 saturated carbocycles. The number of nitrogens with two attached hydrogens (primary N) is 1. The molecule has 0 bridgehead atoms. The fraction of sp³-hybridized carbons (Fsp3) is 0.350. The highest BCUT2D eigenvalue weighted by Crippen LogP contribution is 2.19. The summed E-state index contributed by atoms with van der Waals surface area (Å²) in [7, 11) is -3.48. The van der Waals surface area contributed by atoms with Gasteiger partial charge < -0.3 is 11.1 Å². The van der Waals surface area contributed by atoms with E-state index in [4.69, 9.17) is 5.73 Å². The third kappa shape index (κ3) is 4.74. The van der Waals surface area contributed by atoms with Crippen LogP contribution in [0.4, 0.5) is 0 Å². The van der Waals surface area contributed by atoms with Crippen LogP contribution < -0.4 is 11.1 Å². The molecule has 6 nitrogen and oxygen atoms in total. The number of nitrogens with zero attached hydrogens (tertiary/aromatic N) is 1. The Hall–Kier alpha value is -2.22. The SMILES string of the molecule is CCN(CC)S(=O)(=O)c1ccc(CNC(=O)C(C)(N)c2ccccc2)cc1. The van der Waals surface area contributed by atoms with Crippen molar-refractivity contribution in [2.75, 3.05) is 13.1 Å². The Morgan fingerprint density at radius 1 is 1.04 bits per heavy atom. The van der Waals surface area contributed by atoms with Gasteiger partial charge >= 0.3 is 0 Å². The van der Waals surface area contributed by atoms with Crippen LogP contribution in [0, 0.1) is 0 Å². The van der Waals surface area contributed by atoms with Gasteiger partial charge in [-0.05, 0) is 30.2 Å². The third-order valence-electron chi connectivity index (χ3n) is 4.56. The minimum absolute atomic E-state index is 0.245. The summed E-state index contributed by atoms with van der Waals surface area (Å²) in [6, 6.07) is 15.7. The second-order valence-electron chi connectivity index (χ2n) is 6.48. The van der Waals surface area contributed by atoms with E-state index in [0.29, 0.717) is 13.1 Å².